The molecule has 31 heavy (non-hydrogen) atoms. The number of H-pyrrole nitrogens is 1. The fraction of sp³-hybridized carbons (Fsp3) is 0.261. The SMILES string of the molecule is CC(=O)Nc1ccc(N2CC(C(=O)NCCc3c[nH]c4ccc(Cl)cc34)CC2=O)cc1. The van der Waals surface area contributed by atoms with Crippen molar-refractivity contribution in [2.45, 2.75) is 19.8 Å². The molecule has 2 heterocycles. The summed E-state index contributed by atoms with van der Waals surface area (Å²) >= 11 is 6.09. The maximum atomic E-state index is 12.6. The number of fused-ring (bicyclic) bond motifs is 1. The van der Waals surface area contributed by atoms with Crippen LogP contribution in [0, 0.1) is 5.92 Å². The van der Waals surface area contributed by atoms with Crippen LogP contribution in [0.4, 0.5) is 11.4 Å². The summed E-state index contributed by atoms with van der Waals surface area (Å²) in [6.07, 6.45) is 2.78. The Bertz CT molecular complexity index is 1140. The molecule has 3 aromatic rings. The van der Waals surface area contributed by atoms with Crippen molar-refractivity contribution in [2.75, 3.05) is 23.3 Å². The van der Waals surface area contributed by atoms with Gasteiger partial charge in [-0.25, -0.2) is 0 Å². The van der Waals surface area contributed by atoms with Gasteiger partial charge in [0.15, 0.2) is 0 Å². The molecule has 4 rings (SSSR count). The number of nitrogens with zero attached hydrogens (tertiary/aromatic N) is 1. The zero-order valence-corrected chi connectivity index (χ0v) is 17.8. The van der Waals surface area contributed by atoms with Crippen molar-refractivity contribution in [2.24, 2.45) is 5.92 Å². The molecule has 1 saturated heterocycles. The van der Waals surface area contributed by atoms with Gasteiger partial charge in [0.25, 0.3) is 0 Å². The topological polar surface area (TPSA) is 94.3 Å². The van der Waals surface area contributed by atoms with Gasteiger partial charge in [-0.1, -0.05) is 11.6 Å². The van der Waals surface area contributed by atoms with Gasteiger partial charge >= 0.3 is 0 Å². The Labute approximate surface area is 184 Å². The Balaban J connectivity index is 1.32. The number of halogens is 1. The molecule has 1 aromatic heterocycles. The molecule has 0 bridgehead atoms. The first-order valence-corrected chi connectivity index (χ1v) is 10.5. The highest BCUT2D eigenvalue weighted by Crippen LogP contribution is 2.27. The minimum atomic E-state index is -0.389. The van der Waals surface area contributed by atoms with Crippen molar-refractivity contribution < 1.29 is 14.4 Å². The number of carbonyl (C=O) groups is 3. The maximum absolute atomic E-state index is 12.6. The summed E-state index contributed by atoms with van der Waals surface area (Å²) in [5.74, 6) is -0.750. The summed E-state index contributed by atoms with van der Waals surface area (Å²) in [7, 11) is 0. The number of carbonyl (C=O) groups excluding carboxylic acids is 3. The second-order valence-electron chi connectivity index (χ2n) is 7.68. The molecule has 3 amide bonds. The Morgan fingerprint density at radius 2 is 1.97 bits per heavy atom. The maximum Gasteiger partial charge on any atom is 0.227 e. The highest BCUT2D eigenvalue weighted by molar-refractivity contribution is 6.31. The Morgan fingerprint density at radius 1 is 1.19 bits per heavy atom. The molecule has 160 valence electrons. The average molecular weight is 439 g/mol. The Kier molecular flexibility index (Phi) is 5.95. The molecule has 8 heteroatoms. The zero-order chi connectivity index (χ0) is 22.0. The van der Waals surface area contributed by atoms with Crippen molar-refractivity contribution in [3.63, 3.8) is 0 Å². The van der Waals surface area contributed by atoms with Crippen molar-refractivity contribution in [3.05, 3.63) is 59.2 Å². The molecule has 0 saturated carbocycles. The number of amides is 3. The van der Waals surface area contributed by atoms with E-state index in [9.17, 15) is 14.4 Å². The minimum Gasteiger partial charge on any atom is -0.361 e. The molecule has 3 N–H and O–H groups in total. The van der Waals surface area contributed by atoms with Gasteiger partial charge in [0.05, 0.1) is 5.92 Å². The third kappa shape index (κ3) is 4.72. The summed E-state index contributed by atoms with van der Waals surface area (Å²) in [4.78, 5) is 41.0. The Morgan fingerprint density at radius 3 is 2.71 bits per heavy atom. The van der Waals surface area contributed by atoms with E-state index in [4.69, 9.17) is 11.6 Å². The van der Waals surface area contributed by atoms with Crippen LogP contribution in [0.3, 0.4) is 0 Å². The summed E-state index contributed by atoms with van der Waals surface area (Å²) in [6.45, 7) is 2.26. The standard InChI is InChI=1S/C23H23ClN4O3/c1-14(29)27-18-3-5-19(6-4-18)28-13-16(10-22(28)30)23(31)25-9-8-15-12-26-21-7-2-17(24)11-20(15)21/h2-7,11-12,16,26H,8-10,13H2,1H3,(H,25,31)(H,27,29). The normalized spacial score (nSPS) is 16.0. The van der Waals surface area contributed by atoms with E-state index in [1.54, 1.807) is 29.2 Å². The predicted octanol–water partition coefficient (Wildman–Crippen LogP) is 3.49. The highest BCUT2D eigenvalue weighted by Gasteiger charge is 2.34. The first kappa shape index (κ1) is 20.9. The molecular formula is C23H23ClN4O3. The number of rotatable bonds is 6. The van der Waals surface area contributed by atoms with Gasteiger partial charge in [0.2, 0.25) is 17.7 Å². The summed E-state index contributed by atoms with van der Waals surface area (Å²) in [5, 5.41) is 7.37. The number of nitrogens with one attached hydrogen (secondary N) is 3. The molecule has 1 fully saturated rings. The van der Waals surface area contributed by atoms with Gasteiger partial charge in [-0.15, -0.1) is 0 Å². The van der Waals surface area contributed by atoms with Crippen LogP contribution in [0.1, 0.15) is 18.9 Å². The number of hydrogen-bond donors (Lipinski definition) is 3. The second-order valence-corrected chi connectivity index (χ2v) is 8.11. The first-order valence-electron chi connectivity index (χ1n) is 10.1. The highest BCUT2D eigenvalue weighted by atomic mass is 35.5. The molecule has 1 aliphatic heterocycles. The lowest BCUT2D eigenvalue weighted by Gasteiger charge is -2.17. The van der Waals surface area contributed by atoms with Gasteiger partial charge in [0.1, 0.15) is 0 Å². The van der Waals surface area contributed by atoms with Crippen LogP contribution in [-0.2, 0) is 20.8 Å². The largest absolute Gasteiger partial charge is 0.361 e. The fourth-order valence-electron chi connectivity index (χ4n) is 3.88. The van der Waals surface area contributed by atoms with Crippen LogP contribution in [0.5, 0.6) is 0 Å². The van der Waals surface area contributed by atoms with Crippen LogP contribution in [0.2, 0.25) is 5.02 Å². The van der Waals surface area contributed by atoms with Gasteiger partial charge in [0, 0.05) is 59.9 Å². The summed E-state index contributed by atoms with van der Waals surface area (Å²) < 4.78 is 0. The quantitative estimate of drug-likeness (QED) is 0.549. The van der Waals surface area contributed by atoms with Crippen molar-refractivity contribution in [1.29, 1.82) is 0 Å². The first-order chi connectivity index (χ1) is 14.9. The van der Waals surface area contributed by atoms with E-state index in [1.165, 1.54) is 6.92 Å². The van der Waals surface area contributed by atoms with E-state index in [-0.39, 0.29) is 30.1 Å². The molecule has 1 aliphatic rings. The monoisotopic (exact) mass is 438 g/mol. The van der Waals surface area contributed by atoms with Crippen molar-refractivity contribution in [1.82, 2.24) is 10.3 Å². The van der Waals surface area contributed by atoms with E-state index in [0.29, 0.717) is 35.9 Å². The molecule has 7 nitrogen and oxygen atoms in total. The molecule has 2 aromatic carbocycles. The van der Waals surface area contributed by atoms with Crippen molar-refractivity contribution in [3.8, 4) is 0 Å². The van der Waals surface area contributed by atoms with Crippen LogP contribution in [0.25, 0.3) is 10.9 Å². The summed E-state index contributed by atoms with van der Waals surface area (Å²) in [6, 6.07) is 12.7. The number of benzene rings is 2. The second kappa shape index (κ2) is 8.81. The van der Waals surface area contributed by atoms with E-state index in [2.05, 4.69) is 15.6 Å². The Hall–Kier alpha value is -3.32. The molecule has 0 radical (unpaired) electrons. The molecular weight excluding hydrogens is 416 g/mol. The lowest BCUT2D eigenvalue weighted by molar-refractivity contribution is -0.126. The van der Waals surface area contributed by atoms with Gasteiger partial charge in [-0.2, -0.15) is 0 Å². The summed E-state index contributed by atoms with van der Waals surface area (Å²) in [5.41, 5.74) is 3.47. The van der Waals surface area contributed by atoms with Crippen LogP contribution in [0.15, 0.2) is 48.7 Å². The van der Waals surface area contributed by atoms with E-state index in [1.807, 2.05) is 24.4 Å². The van der Waals surface area contributed by atoms with Gasteiger partial charge in [-0.3, -0.25) is 14.4 Å². The van der Waals surface area contributed by atoms with E-state index in [0.717, 1.165) is 16.5 Å². The van der Waals surface area contributed by atoms with Crippen LogP contribution in [-0.4, -0.2) is 35.8 Å². The van der Waals surface area contributed by atoms with Gasteiger partial charge in [-0.05, 0) is 54.4 Å². The van der Waals surface area contributed by atoms with E-state index >= 15 is 0 Å². The molecule has 0 spiro atoms. The number of aromatic amines is 1. The number of hydrogen-bond acceptors (Lipinski definition) is 3. The lowest BCUT2D eigenvalue weighted by atomic mass is 10.1. The number of anilines is 2. The fourth-order valence-corrected chi connectivity index (χ4v) is 4.05. The number of aromatic nitrogens is 1. The van der Waals surface area contributed by atoms with Crippen LogP contribution < -0.4 is 15.5 Å². The molecule has 1 atom stereocenters. The lowest BCUT2D eigenvalue weighted by Crippen LogP contribution is -2.34. The van der Waals surface area contributed by atoms with E-state index < -0.39 is 0 Å². The predicted molar refractivity (Wildman–Crippen MR) is 121 cm³/mol. The van der Waals surface area contributed by atoms with Gasteiger partial charge < -0.3 is 20.5 Å². The smallest absolute Gasteiger partial charge is 0.227 e. The van der Waals surface area contributed by atoms with Crippen molar-refractivity contribution >= 4 is 51.6 Å². The molecule has 1 unspecified atom stereocenters. The van der Waals surface area contributed by atoms with Crippen LogP contribution >= 0.6 is 11.6 Å². The minimum absolute atomic E-state index is 0.0845. The average Bonchev–Trinajstić information content (AvgIpc) is 3.31. The zero-order valence-electron chi connectivity index (χ0n) is 17.1. The molecule has 0 aliphatic carbocycles. The third-order valence-electron chi connectivity index (χ3n) is 5.42. The third-order valence-corrected chi connectivity index (χ3v) is 5.65.